The lowest BCUT2D eigenvalue weighted by Crippen LogP contribution is -2.32. The van der Waals surface area contributed by atoms with Crippen molar-refractivity contribution in [3.05, 3.63) is 12.3 Å². The van der Waals surface area contributed by atoms with Gasteiger partial charge in [0.2, 0.25) is 0 Å². The molecule has 15 heavy (non-hydrogen) atoms. The van der Waals surface area contributed by atoms with E-state index in [1.54, 1.807) is 0 Å². The van der Waals surface area contributed by atoms with Crippen LogP contribution in [0.25, 0.3) is 0 Å². The van der Waals surface area contributed by atoms with Crippen molar-refractivity contribution < 1.29 is 5.11 Å². The van der Waals surface area contributed by atoms with Gasteiger partial charge in [0, 0.05) is 11.6 Å². The Balaban J connectivity index is 4.68. The van der Waals surface area contributed by atoms with Crippen molar-refractivity contribution in [2.45, 2.75) is 48.0 Å². The molecule has 0 aromatic carbocycles. The molecule has 0 heterocycles. The molecule has 2 nitrogen and oxygen atoms in total. The van der Waals surface area contributed by atoms with Crippen LogP contribution in [0.15, 0.2) is 12.3 Å². The Hall–Kier alpha value is -0.500. The minimum absolute atomic E-state index is 0.0322. The molecule has 0 spiro atoms. The van der Waals surface area contributed by atoms with Crippen molar-refractivity contribution >= 4 is 0 Å². The predicted octanol–water partition coefficient (Wildman–Crippen LogP) is 3.14. The number of hydrogen-bond acceptors (Lipinski definition) is 2. The van der Waals surface area contributed by atoms with Gasteiger partial charge in [-0.15, -0.1) is 0 Å². The highest BCUT2D eigenvalue weighted by Crippen LogP contribution is 2.38. The van der Waals surface area contributed by atoms with Gasteiger partial charge in [0.05, 0.1) is 0 Å². The maximum absolute atomic E-state index is 8.88. The Bertz CT molecular complexity index is 208. The van der Waals surface area contributed by atoms with Gasteiger partial charge in [-0.25, -0.2) is 0 Å². The fourth-order valence-electron chi connectivity index (χ4n) is 1.79. The zero-order valence-corrected chi connectivity index (χ0v) is 11.1. The lowest BCUT2D eigenvalue weighted by molar-refractivity contribution is 0.177. The van der Waals surface area contributed by atoms with Gasteiger partial charge in [0.25, 0.3) is 0 Å². The van der Waals surface area contributed by atoms with Gasteiger partial charge in [-0.05, 0) is 17.3 Å². The Kier molecular flexibility index (Phi) is 4.85. The summed E-state index contributed by atoms with van der Waals surface area (Å²) in [4.78, 5) is 0. The summed E-state index contributed by atoms with van der Waals surface area (Å²) in [6.45, 7) is 17.3. The van der Waals surface area contributed by atoms with Crippen LogP contribution in [0.4, 0.5) is 0 Å². The van der Waals surface area contributed by atoms with Crippen LogP contribution in [0.3, 0.4) is 0 Å². The monoisotopic (exact) mass is 213 g/mol. The molecule has 0 amide bonds. The molecule has 0 saturated heterocycles. The number of aliphatic hydroxyl groups excluding tert-OH is 1. The van der Waals surface area contributed by atoms with Crippen molar-refractivity contribution in [2.75, 3.05) is 6.73 Å². The molecule has 0 saturated carbocycles. The van der Waals surface area contributed by atoms with Crippen molar-refractivity contribution in [1.29, 1.82) is 0 Å². The molecule has 2 N–H and O–H groups in total. The summed E-state index contributed by atoms with van der Waals surface area (Å²) in [6.07, 6.45) is 1.07. The number of aliphatic hydroxyl groups is 1. The molecule has 0 radical (unpaired) electrons. The summed E-state index contributed by atoms with van der Waals surface area (Å²) in [5, 5.41) is 11.8. The molecule has 0 aliphatic heterocycles. The first-order chi connectivity index (χ1) is 6.58. The highest BCUT2D eigenvalue weighted by atomic mass is 16.3. The number of hydrogen-bond donors (Lipinski definition) is 2. The van der Waals surface area contributed by atoms with Crippen LogP contribution in [0.1, 0.15) is 48.0 Å². The zero-order valence-electron chi connectivity index (χ0n) is 11.1. The molecule has 0 aromatic rings. The van der Waals surface area contributed by atoms with Crippen LogP contribution in [0, 0.1) is 16.7 Å². The van der Waals surface area contributed by atoms with E-state index in [1.165, 1.54) is 0 Å². The maximum atomic E-state index is 8.88. The number of rotatable bonds is 4. The highest BCUT2D eigenvalue weighted by Gasteiger charge is 2.30. The topological polar surface area (TPSA) is 32.3 Å². The maximum Gasteiger partial charge on any atom is 0.113 e. The van der Waals surface area contributed by atoms with Crippen molar-refractivity contribution in [3.63, 3.8) is 0 Å². The second-order valence-corrected chi connectivity index (χ2v) is 6.54. The van der Waals surface area contributed by atoms with E-state index in [0.717, 1.165) is 12.1 Å². The lowest BCUT2D eigenvalue weighted by atomic mass is 9.71. The minimum Gasteiger partial charge on any atom is -0.377 e. The van der Waals surface area contributed by atoms with Crippen molar-refractivity contribution in [3.8, 4) is 0 Å². The van der Waals surface area contributed by atoms with Gasteiger partial charge in [0.1, 0.15) is 6.73 Å². The van der Waals surface area contributed by atoms with E-state index in [2.05, 4.69) is 53.4 Å². The molecule has 90 valence electrons. The second-order valence-electron chi connectivity index (χ2n) is 6.54. The molecule has 2 heteroatoms. The van der Waals surface area contributed by atoms with Crippen LogP contribution in [0.5, 0.6) is 0 Å². The first-order valence-electron chi connectivity index (χ1n) is 5.61. The van der Waals surface area contributed by atoms with Gasteiger partial charge in [-0.1, -0.05) is 48.1 Å². The summed E-state index contributed by atoms with van der Waals surface area (Å²) >= 11 is 0. The number of nitrogens with one attached hydrogen (secondary N) is 1. The van der Waals surface area contributed by atoms with Crippen LogP contribution >= 0.6 is 0 Å². The fraction of sp³-hybridized carbons (Fsp3) is 0.846. The molecule has 0 aliphatic rings. The minimum atomic E-state index is -0.0322. The third-order valence-electron chi connectivity index (χ3n) is 2.59. The van der Waals surface area contributed by atoms with E-state index in [0.29, 0.717) is 5.92 Å². The molecule has 0 bridgehead atoms. The average molecular weight is 213 g/mol. The summed E-state index contributed by atoms with van der Waals surface area (Å²) < 4.78 is 0. The number of allylic oxidation sites excluding steroid dienone is 1. The summed E-state index contributed by atoms with van der Waals surface area (Å²) in [7, 11) is 0. The van der Waals surface area contributed by atoms with Gasteiger partial charge < -0.3 is 10.4 Å². The first-order valence-corrected chi connectivity index (χ1v) is 5.61. The van der Waals surface area contributed by atoms with Gasteiger partial charge in [-0.2, -0.15) is 0 Å². The lowest BCUT2D eigenvalue weighted by Gasteiger charge is -2.37. The largest absolute Gasteiger partial charge is 0.377 e. The molecule has 0 aliphatic carbocycles. The zero-order chi connectivity index (χ0) is 12.3. The van der Waals surface area contributed by atoms with Crippen molar-refractivity contribution in [2.24, 2.45) is 16.7 Å². The van der Waals surface area contributed by atoms with E-state index in [9.17, 15) is 0 Å². The quantitative estimate of drug-likeness (QED) is 0.703. The fourth-order valence-corrected chi connectivity index (χ4v) is 1.79. The van der Waals surface area contributed by atoms with Crippen LogP contribution in [-0.4, -0.2) is 11.8 Å². The Labute approximate surface area is 94.8 Å². The van der Waals surface area contributed by atoms with Crippen LogP contribution in [0.2, 0.25) is 0 Å². The molecule has 0 aromatic heterocycles. The summed E-state index contributed by atoms with van der Waals surface area (Å²) in [6, 6.07) is 0. The second kappa shape index (κ2) is 5.02. The first kappa shape index (κ1) is 14.5. The Morgan fingerprint density at radius 3 is 1.93 bits per heavy atom. The van der Waals surface area contributed by atoms with E-state index in [-0.39, 0.29) is 17.6 Å². The Morgan fingerprint density at radius 2 is 1.67 bits per heavy atom. The van der Waals surface area contributed by atoms with Gasteiger partial charge >= 0.3 is 0 Å². The van der Waals surface area contributed by atoms with Gasteiger partial charge in [-0.3, -0.25) is 0 Å². The van der Waals surface area contributed by atoms with E-state index in [4.69, 9.17) is 5.11 Å². The molecular weight excluding hydrogens is 186 g/mol. The summed E-state index contributed by atoms with van der Waals surface area (Å²) in [5.74, 6) is 0.379. The molecule has 0 fully saturated rings. The van der Waals surface area contributed by atoms with Gasteiger partial charge in [0.15, 0.2) is 0 Å². The third-order valence-corrected chi connectivity index (χ3v) is 2.59. The summed E-state index contributed by atoms with van der Waals surface area (Å²) in [5.41, 5.74) is 1.39. The van der Waals surface area contributed by atoms with E-state index in [1.807, 2.05) is 0 Å². The smallest absolute Gasteiger partial charge is 0.113 e. The SMILES string of the molecule is C=C(NCO)C(CC(C)(C)C)C(C)(C)C. The normalized spacial score (nSPS) is 14.9. The molecule has 1 unspecified atom stereocenters. The molecule has 1 atom stereocenters. The average Bonchev–Trinajstić information content (AvgIpc) is 1.97. The highest BCUT2D eigenvalue weighted by molar-refractivity contribution is 5.03. The van der Waals surface area contributed by atoms with E-state index >= 15 is 0 Å². The van der Waals surface area contributed by atoms with E-state index < -0.39 is 0 Å². The molecular formula is C13H27NO. The van der Waals surface area contributed by atoms with Crippen molar-refractivity contribution in [1.82, 2.24) is 5.32 Å². The predicted molar refractivity (Wildman–Crippen MR) is 66.4 cm³/mol. The Morgan fingerprint density at radius 1 is 1.20 bits per heavy atom. The van der Waals surface area contributed by atoms with Crippen LogP contribution in [-0.2, 0) is 0 Å². The van der Waals surface area contributed by atoms with Crippen LogP contribution < -0.4 is 5.32 Å². The third kappa shape index (κ3) is 5.83. The molecule has 0 rings (SSSR count). The standard InChI is InChI=1S/C13H27NO/c1-10(14-9-15)11(13(5,6)7)8-12(2,3)4/h11,14-15H,1,8-9H2,2-7H3.